The van der Waals surface area contributed by atoms with Crippen molar-refractivity contribution in [1.29, 1.82) is 0 Å². The molecule has 0 aliphatic carbocycles. The Morgan fingerprint density at radius 3 is 2.29 bits per heavy atom. The molecule has 0 radical (unpaired) electrons. The monoisotopic (exact) mass is 247 g/mol. The third-order valence-electron chi connectivity index (χ3n) is 1.78. The van der Waals surface area contributed by atoms with Crippen LogP contribution in [0.4, 0.5) is 13.2 Å². The second-order valence-electron chi connectivity index (χ2n) is 3.16. The zero-order valence-corrected chi connectivity index (χ0v) is 8.69. The molecule has 0 amide bonds. The molecule has 0 unspecified atom stereocenters. The number of alkyl halides is 3. The highest BCUT2D eigenvalue weighted by atomic mass is 19.4. The second kappa shape index (κ2) is 4.86. The molecule has 0 heterocycles. The fourth-order valence-corrected chi connectivity index (χ4v) is 1.06. The molecule has 92 valence electrons. The van der Waals surface area contributed by atoms with Gasteiger partial charge in [0.2, 0.25) is 5.70 Å². The topological polar surface area (TPSA) is 52.4 Å². The van der Waals surface area contributed by atoms with Crippen molar-refractivity contribution in [2.75, 3.05) is 0 Å². The maximum absolute atomic E-state index is 11.8. The summed E-state index contributed by atoms with van der Waals surface area (Å²) in [6.45, 7) is 1.29. The number of nitrogens with zero attached hydrogens (tertiary/aromatic N) is 1. The maximum atomic E-state index is 11.8. The van der Waals surface area contributed by atoms with Crippen LogP contribution >= 0.6 is 0 Å². The zero-order valence-electron chi connectivity index (χ0n) is 8.69. The van der Waals surface area contributed by atoms with Gasteiger partial charge < -0.3 is 4.74 Å². The van der Waals surface area contributed by atoms with Crippen LogP contribution in [0.2, 0.25) is 0 Å². The fraction of sp³-hybridized carbons (Fsp3) is 0.200. The summed E-state index contributed by atoms with van der Waals surface area (Å²) in [5, 5.41) is 10.3. The molecule has 0 bridgehead atoms. The molecular formula is C10H8F3NO3. The van der Waals surface area contributed by atoms with Crippen molar-refractivity contribution in [3.05, 3.63) is 45.6 Å². The van der Waals surface area contributed by atoms with Crippen molar-refractivity contribution in [2.24, 2.45) is 0 Å². The van der Waals surface area contributed by atoms with Crippen LogP contribution < -0.4 is 4.74 Å². The van der Waals surface area contributed by atoms with E-state index in [1.165, 1.54) is 25.1 Å². The molecule has 4 nitrogen and oxygen atoms in total. The van der Waals surface area contributed by atoms with Crippen LogP contribution in [0.1, 0.15) is 12.5 Å². The van der Waals surface area contributed by atoms with E-state index in [2.05, 4.69) is 4.74 Å². The molecule has 1 aromatic rings. The number of rotatable bonds is 3. The average Bonchev–Trinajstić information content (AvgIpc) is 2.18. The first-order valence-corrected chi connectivity index (χ1v) is 4.46. The number of ether oxygens (including phenoxy) is 1. The Kier molecular flexibility index (Phi) is 3.72. The van der Waals surface area contributed by atoms with Crippen molar-refractivity contribution in [2.45, 2.75) is 13.3 Å². The van der Waals surface area contributed by atoms with Crippen molar-refractivity contribution >= 4 is 6.08 Å². The molecule has 0 saturated carbocycles. The third kappa shape index (κ3) is 4.54. The maximum Gasteiger partial charge on any atom is 0.573 e. The fourth-order valence-electron chi connectivity index (χ4n) is 1.06. The molecule has 0 fully saturated rings. The minimum absolute atomic E-state index is 0.102. The van der Waals surface area contributed by atoms with Crippen LogP contribution in [-0.4, -0.2) is 11.3 Å². The van der Waals surface area contributed by atoms with Gasteiger partial charge in [-0.3, -0.25) is 10.1 Å². The van der Waals surface area contributed by atoms with Gasteiger partial charge in [-0.25, -0.2) is 0 Å². The molecule has 0 aromatic heterocycles. The van der Waals surface area contributed by atoms with Crippen LogP contribution in [0.3, 0.4) is 0 Å². The zero-order chi connectivity index (χ0) is 13.1. The van der Waals surface area contributed by atoms with E-state index in [0.717, 1.165) is 12.1 Å². The molecule has 0 spiro atoms. The van der Waals surface area contributed by atoms with Crippen molar-refractivity contribution in [3.63, 3.8) is 0 Å². The SMILES string of the molecule is C/C(=C/c1ccc(OC(F)(F)F)cc1)[N+](=O)[O-]. The predicted molar refractivity (Wildman–Crippen MR) is 53.8 cm³/mol. The van der Waals surface area contributed by atoms with E-state index in [4.69, 9.17) is 0 Å². The molecule has 0 aliphatic rings. The van der Waals surface area contributed by atoms with Gasteiger partial charge in [-0.2, -0.15) is 0 Å². The Labute approximate surface area is 94.5 Å². The number of benzene rings is 1. The van der Waals surface area contributed by atoms with Crippen LogP contribution in [0.25, 0.3) is 6.08 Å². The van der Waals surface area contributed by atoms with Gasteiger partial charge in [0.1, 0.15) is 5.75 Å². The molecule has 1 aromatic carbocycles. The molecular weight excluding hydrogens is 239 g/mol. The van der Waals surface area contributed by atoms with Gasteiger partial charge in [-0.15, -0.1) is 13.2 Å². The summed E-state index contributed by atoms with van der Waals surface area (Å²) >= 11 is 0. The first-order valence-electron chi connectivity index (χ1n) is 4.46. The Hall–Kier alpha value is -2.05. The van der Waals surface area contributed by atoms with E-state index in [1.54, 1.807) is 0 Å². The second-order valence-corrected chi connectivity index (χ2v) is 3.16. The molecule has 0 saturated heterocycles. The number of hydrogen-bond acceptors (Lipinski definition) is 3. The Bertz CT molecular complexity index is 437. The lowest BCUT2D eigenvalue weighted by molar-refractivity contribution is -0.422. The number of halogens is 3. The average molecular weight is 247 g/mol. The van der Waals surface area contributed by atoms with E-state index in [-0.39, 0.29) is 11.4 Å². The lowest BCUT2D eigenvalue weighted by Gasteiger charge is -2.08. The summed E-state index contributed by atoms with van der Waals surface area (Å²) in [5.74, 6) is -0.367. The summed E-state index contributed by atoms with van der Waals surface area (Å²) in [7, 11) is 0. The molecule has 17 heavy (non-hydrogen) atoms. The summed E-state index contributed by atoms with van der Waals surface area (Å²) in [6, 6.07) is 4.78. The first kappa shape index (κ1) is 13.0. The summed E-state index contributed by atoms with van der Waals surface area (Å²) in [5.41, 5.74) is 0.322. The number of allylic oxidation sites excluding steroid dienone is 1. The predicted octanol–water partition coefficient (Wildman–Crippen LogP) is 3.22. The van der Waals surface area contributed by atoms with Crippen LogP contribution in [0, 0.1) is 10.1 Å². The highest BCUT2D eigenvalue weighted by molar-refractivity contribution is 5.51. The summed E-state index contributed by atoms with van der Waals surface area (Å²) < 4.78 is 39.2. The Balaban J connectivity index is 2.82. The van der Waals surface area contributed by atoms with Gasteiger partial charge in [-0.05, 0) is 17.7 Å². The van der Waals surface area contributed by atoms with E-state index in [9.17, 15) is 23.3 Å². The van der Waals surface area contributed by atoms with Gasteiger partial charge in [0, 0.05) is 13.0 Å². The largest absolute Gasteiger partial charge is 0.573 e. The number of hydrogen-bond donors (Lipinski definition) is 0. The quantitative estimate of drug-likeness (QED) is 0.608. The molecule has 0 N–H and O–H groups in total. The van der Waals surface area contributed by atoms with Crippen molar-refractivity contribution in [3.8, 4) is 5.75 Å². The minimum atomic E-state index is -4.74. The normalized spacial score (nSPS) is 12.4. The minimum Gasteiger partial charge on any atom is -0.406 e. The lowest BCUT2D eigenvalue weighted by Crippen LogP contribution is -2.16. The summed E-state index contributed by atoms with van der Waals surface area (Å²) in [6.07, 6.45) is -3.49. The summed E-state index contributed by atoms with van der Waals surface area (Å²) in [4.78, 5) is 9.74. The van der Waals surface area contributed by atoms with Gasteiger partial charge in [0.05, 0.1) is 4.92 Å². The molecule has 0 aliphatic heterocycles. The third-order valence-corrected chi connectivity index (χ3v) is 1.78. The number of nitro groups is 1. The first-order chi connectivity index (χ1) is 7.78. The van der Waals surface area contributed by atoms with Gasteiger partial charge >= 0.3 is 6.36 Å². The standard InChI is InChI=1S/C10H8F3NO3/c1-7(14(15)16)6-8-2-4-9(5-3-8)17-10(11,12)13/h2-6H,1H3/b7-6-. The van der Waals surface area contributed by atoms with Gasteiger partial charge in [0.25, 0.3) is 0 Å². The van der Waals surface area contributed by atoms with E-state index < -0.39 is 11.3 Å². The van der Waals surface area contributed by atoms with Crippen molar-refractivity contribution in [1.82, 2.24) is 0 Å². The molecule has 7 heteroatoms. The van der Waals surface area contributed by atoms with Crippen molar-refractivity contribution < 1.29 is 22.8 Å². The Morgan fingerprint density at radius 2 is 1.88 bits per heavy atom. The highest BCUT2D eigenvalue weighted by Gasteiger charge is 2.30. The van der Waals surface area contributed by atoms with Crippen LogP contribution in [-0.2, 0) is 0 Å². The van der Waals surface area contributed by atoms with Crippen LogP contribution in [0.5, 0.6) is 5.75 Å². The van der Waals surface area contributed by atoms with E-state index in [0.29, 0.717) is 5.56 Å². The smallest absolute Gasteiger partial charge is 0.406 e. The molecule has 0 atom stereocenters. The highest BCUT2D eigenvalue weighted by Crippen LogP contribution is 2.23. The van der Waals surface area contributed by atoms with Crippen LogP contribution in [0.15, 0.2) is 30.0 Å². The van der Waals surface area contributed by atoms with E-state index >= 15 is 0 Å². The van der Waals surface area contributed by atoms with E-state index in [1.807, 2.05) is 0 Å². The lowest BCUT2D eigenvalue weighted by atomic mass is 10.2. The Morgan fingerprint density at radius 1 is 1.35 bits per heavy atom. The van der Waals surface area contributed by atoms with Gasteiger partial charge in [0.15, 0.2) is 0 Å². The van der Waals surface area contributed by atoms with Gasteiger partial charge in [-0.1, -0.05) is 12.1 Å². The molecule has 1 rings (SSSR count).